The van der Waals surface area contributed by atoms with Crippen LogP contribution in [-0.2, 0) is 10.2 Å². The zero-order valence-corrected chi connectivity index (χ0v) is 14.1. The minimum absolute atomic E-state index is 0.219. The lowest BCUT2D eigenvalue weighted by atomic mass is 9.63. The van der Waals surface area contributed by atoms with Crippen molar-refractivity contribution in [3.63, 3.8) is 0 Å². The third kappa shape index (κ3) is 2.88. The van der Waals surface area contributed by atoms with Gasteiger partial charge in [0.2, 0.25) is 5.91 Å². The first-order valence-corrected chi connectivity index (χ1v) is 8.71. The SMILES string of the molecule is CC1NCCCC1NC(=O)C1(c2ccc(Br)cc2)CCC1. The van der Waals surface area contributed by atoms with E-state index in [1.807, 2.05) is 12.1 Å². The van der Waals surface area contributed by atoms with E-state index in [-0.39, 0.29) is 17.4 Å². The van der Waals surface area contributed by atoms with Gasteiger partial charge >= 0.3 is 0 Å². The van der Waals surface area contributed by atoms with Gasteiger partial charge in [-0.05, 0) is 56.8 Å². The number of halogens is 1. The molecule has 2 N–H and O–H groups in total. The first kappa shape index (κ1) is 15.0. The summed E-state index contributed by atoms with van der Waals surface area (Å²) in [6.45, 7) is 3.22. The van der Waals surface area contributed by atoms with Gasteiger partial charge in [0.25, 0.3) is 0 Å². The van der Waals surface area contributed by atoms with Crippen LogP contribution in [-0.4, -0.2) is 24.5 Å². The summed E-state index contributed by atoms with van der Waals surface area (Å²) < 4.78 is 1.06. The van der Waals surface area contributed by atoms with Crippen LogP contribution in [0.25, 0.3) is 0 Å². The maximum Gasteiger partial charge on any atom is 0.230 e. The van der Waals surface area contributed by atoms with E-state index in [2.05, 4.69) is 45.6 Å². The molecule has 2 unspecified atom stereocenters. The Morgan fingerprint density at radius 2 is 2.00 bits per heavy atom. The van der Waals surface area contributed by atoms with E-state index in [4.69, 9.17) is 0 Å². The van der Waals surface area contributed by atoms with Crippen molar-refractivity contribution in [2.45, 2.75) is 56.5 Å². The molecule has 1 aliphatic carbocycles. The average Bonchev–Trinajstić information content (AvgIpc) is 2.42. The summed E-state index contributed by atoms with van der Waals surface area (Å²) in [4.78, 5) is 12.9. The number of nitrogens with one attached hydrogen (secondary N) is 2. The molecular weight excluding hydrogens is 328 g/mol. The zero-order valence-electron chi connectivity index (χ0n) is 12.5. The van der Waals surface area contributed by atoms with E-state index < -0.39 is 0 Å². The standard InChI is InChI=1S/C17H23BrN2O/c1-12-15(4-2-11-19-12)20-16(21)17(9-3-10-17)13-5-7-14(18)8-6-13/h5-8,12,15,19H,2-4,9-11H2,1H3,(H,20,21). The fraction of sp³-hybridized carbons (Fsp3) is 0.588. The van der Waals surface area contributed by atoms with Crippen molar-refractivity contribution in [1.82, 2.24) is 10.6 Å². The second-order valence-electron chi connectivity index (χ2n) is 6.41. The van der Waals surface area contributed by atoms with Crippen LogP contribution < -0.4 is 10.6 Å². The minimum atomic E-state index is -0.294. The predicted molar refractivity (Wildman–Crippen MR) is 88.3 cm³/mol. The lowest BCUT2D eigenvalue weighted by Gasteiger charge is -2.43. The van der Waals surface area contributed by atoms with Crippen molar-refractivity contribution in [1.29, 1.82) is 0 Å². The molecule has 21 heavy (non-hydrogen) atoms. The molecule has 1 amide bonds. The summed E-state index contributed by atoms with van der Waals surface area (Å²) in [5.74, 6) is 0.219. The highest BCUT2D eigenvalue weighted by Gasteiger charge is 2.46. The molecule has 114 valence electrons. The highest BCUT2D eigenvalue weighted by atomic mass is 79.9. The highest BCUT2D eigenvalue weighted by molar-refractivity contribution is 9.10. The van der Waals surface area contributed by atoms with Crippen molar-refractivity contribution < 1.29 is 4.79 Å². The third-order valence-corrected chi connectivity index (χ3v) is 5.65. The fourth-order valence-electron chi connectivity index (χ4n) is 3.49. The molecule has 1 aromatic carbocycles. The molecule has 1 saturated heterocycles. The highest BCUT2D eigenvalue weighted by Crippen LogP contribution is 2.44. The predicted octanol–water partition coefficient (Wildman–Crippen LogP) is 3.13. The van der Waals surface area contributed by atoms with Gasteiger partial charge in [0.15, 0.2) is 0 Å². The quantitative estimate of drug-likeness (QED) is 0.879. The van der Waals surface area contributed by atoms with Gasteiger partial charge < -0.3 is 10.6 Å². The zero-order chi connectivity index (χ0) is 14.9. The number of amides is 1. The molecule has 3 nitrogen and oxygen atoms in total. The van der Waals surface area contributed by atoms with Gasteiger partial charge in [-0.2, -0.15) is 0 Å². The first-order valence-electron chi connectivity index (χ1n) is 7.92. The van der Waals surface area contributed by atoms with Crippen molar-refractivity contribution in [3.8, 4) is 0 Å². The van der Waals surface area contributed by atoms with Gasteiger partial charge in [0.1, 0.15) is 0 Å². The number of hydrogen-bond donors (Lipinski definition) is 2. The molecular formula is C17H23BrN2O. The maximum absolute atomic E-state index is 12.9. The molecule has 0 spiro atoms. The largest absolute Gasteiger partial charge is 0.351 e. The molecule has 1 aliphatic heterocycles. The van der Waals surface area contributed by atoms with E-state index in [1.165, 1.54) is 0 Å². The van der Waals surface area contributed by atoms with E-state index in [0.717, 1.165) is 48.7 Å². The monoisotopic (exact) mass is 350 g/mol. The fourth-order valence-corrected chi connectivity index (χ4v) is 3.76. The molecule has 1 aromatic rings. The number of piperidine rings is 1. The Morgan fingerprint density at radius 1 is 1.29 bits per heavy atom. The second kappa shape index (κ2) is 6.09. The van der Waals surface area contributed by atoms with Crippen LogP contribution in [0.3, 0.4) is 0 Å². The molecule has 2 atom stereocenters. The molecule has 0 bridgehead atoms. The Morgan fingerprint density at radius 3 is 2.57 bits per heavy atom. The molecule has 2 fully saturated rings. The van der Waals surface area contributed by atoms with E-state index in [9.17, 15) is 4.79 Å². The van der Waals surface area contributed by atoms with Gasteiger partial charge in [-0.1, -0.05) is 34.5 Å². The summed E-state index contributed by atoms with van der Waals surface area (Å²) in [5.41, 5.74) is 0.864. The number of carbonyl (C=O) groups excluding carboxylic acids is 1. The number of carbonyl (C=O) groups is 1. The summed E-state index contributed by atoms with van der Waals surface area (Å²) in [5, 5.41) is 6.76. The smallest absolute Gasteiger partial charge is 0.230 e. The Kier molecular flexibility index (Phi) is 4.36. The Hall–Kier alpha value is -0.870. The van der Waals surface area contributed by atoms with Crippen molar-refractivity contribution in [3.05, 3.63) is 34.3 Å². The molecule has 1 saturated carbocycles. The number of hydrogen-bond acceptors (Lipinski definition) is 2. The summed E-state index contributed by atoms with van der Waals surface area (Å²) in [7, 11) is 0. The normalized spacial score (nSPS) is 27.7. The minimum Gasteiger partial charge on any atom is -0.351 e. The third-order valence-electron chi connectivity index (χ3n) is 5.12. The lowest BCUT2D eigenvalue weighted by Crippen LogP contribution is -2.58. The second-order valence-corrected chi connectivity index (χ2v) is 7.32. The summed E-state index contributed by atoms with van der Waals surface area (Å²) in [6, 6.07) is 8.88. The maximum atomic E-state index is 12.9. The molecule has 0 radical (unpaired) electrons. The number of rotatable bonds is 3. The van der Waals surface area contributed by atoms with Crippen molar-refractivity contribution >= 4 is 21.8 Å². The molecule has 2 aliphatic rings. The van der Waals surface area contributed by atoms with Crippen LogP contribution in [0.15, 0.2) is 28.7 Å². The van der Waals surface area contributed by atoms with E-state index >= 15 is 0 Å². The lowest BCUT2D eigenvalue weighted by molar-refractivity contribution is -0.131. The van der Waals surface area contributed by atoms with Gasteiger partial charge in [-0.25, -0.2) is 0 Å². The molecule has 4 heteroatoms. The van der Waals surface area contributed by atoms with Crippen LogP contribution in [0, 0.1) is 0 Å². The summed E-state index contributed by atoms with van der Waals surface area (Å²) >= 11 is 3.47. The molecule has 0 aromatic heterocycles. The first-order chi connectivity index (χ1) is 10.1. The van der Waals surface area contributed by atoms with Crippen molar-refractivity contribution in [2.75, 3.05) is 6.54 Å². The number of benzene rings is 1. The van der Waals surface area contributed by atoms with Gasteiger partial charge in [-0.3, -0.25) is 4.79 Å². The van der Waals surface area contributed by atoms with E-state index in [0.29, 0.717) is 6.04 Å². The Bertz CT molecular complexity index is 510. The van der Waals surface area contributed by atoms with Gasteiger partial charge in [0, 0.05) is 16.6 Å². The van der Waals surface area contributed by atoms with Gasteiger partial charge in [-0.15, -0.1) is 0 Å². The van der Waals surface area contributed by atoms with E-state index in [1.54, 1.807) is 0 Å². The van der Waals surface area contributed by atoms with Crippen LogP contribution in [0.1, 0.15) is 44.6 Å². The van der Waals surface area contributed by atoms with Crippen LogP contribution in [0.5, 0.6) is 0 Å². The molecule has 1 heterocycles. The summed E-state index contributed by atoms with van der Waals surface area (Å²) in [6.07, 6.45) is 5.29. The Labute approximate surface area is 135 Å². The Balaban J connectivity index is 1.76. The topological polar surface area (TPSA) is 41.1 Å². The average molecular weight is 351 g/mol. The van der Waals surface area contributed by atoms with Gasteiger partial charge in [0.05, 0.1) is 5.41 Å². The van der Waals surface area contributed by atoms with Crippen LogP contribution >= 0.6 is 15.9 Å². The van der Waals surface area contributed by atoms with Crippen molar-refractivity contribution in [2.24, 2.45) is 0 Å². The van der Waals surface area contributed by atoms with Crippen LogP contribution in [0.2, 0.25) is 0 Å². The molecule has 3 rings (SSSR count). The van der Waals surface area contributed by atoms with Crippen LogP contribution in [0.4, 0.5) is 0 Å².